The van der Waals surface area contributed by atoms with Crippen LogP contribution in [0.2, 0.25) is 5.02 Å². The quantitative estimate of drug-likeness (QED) is 0.130. The first-order valence-electron chi connectivity index (χ1n) is 15.1. The maximum absolute atomic E-state index is 13.6. The van der Waals surface area contributed by atoms with Crippen LogP contribution in [0.4, 0.5) is 35.6 Å². The van der Waals surface area contributed by atoms with Crippen molar-refractivity contribution in [1.82, 2.24) is 9.97 Å². The van der Waals surface area contributed by atoms with Gasteiger partial charge in [-0.1, -0.05) is 60.0 Å². The van der Waals surface area contributed by atoms with Gasteiger partial charge in [-0.05, 0) is 93.9 Å². The van der Waals surface area contributed by atoms with Crippen LogP contribution in [0.25, 0.3) is 0 Å². The summed E-state index contributed by atoms with van der Waals surface area (Å²) in [5.74, 6) is -0.639. The van der Waals surface area contributed by atoms with Gasteiger partial charge in [-0.2, -0.15) is 0 Å². The molecule has 10 nitrogen and oxygen atoms in total. The molecule has 0 unspecified atom stereocenters. The minimum Gasteiger partial charge on any atom is -0.307 e. The molecule has 2 saturated carbocycles. The number of aromatic nitrogens is 2. The Hall–Kier alpha value is -3.24. The van der Waals surface area contributed by atoms with Crippen LogP contribution in [0.15, 0.2) is 56.4 Å². The largest absolute Gasteiger partial charge is 0.325 e. The van der Waals surface area contributed by atoms with Crippen molar-refractivity contribution >= 4 is 111 Å². The number of hydrogen-bond acceptors (Lipinski definition) is 8. The van der Waals surface area contributed by atoms with Crippen LogP contribution in [0, 0.1) is 17.7 Å². The Morgan fingerprint density at radius 3 is 1.56 bits per heavy atom. The first kappa shape index (κ1) is 36.1. The summed E-state index contributed by atoms with van der Waals surface area (Å²) >= 11 is 15.2. The second kappa shape index (κ2) is 16.9. The van der Waals surface area contributed by atoms with Crippen LogP contribution in [0.1, 0.15) is 72.1 Å². The number of halogens is 4. The van der Waals surface area contributed by atoms with Crippen molar-refractivity contribution < 1.29 is 23.6 Å². The van der Waals surface area contributed by atoms with E-state index in [1.54, 1.807) is 30.6 Å². The lowest BCUT2D eigenvalue weighted by Gasteiger charge is -2.14. The molecule has 16 heteroatoms. The van der Waals surface area contributed by atoms with Crippen LogP contribution >= 0.6 is 66.1 Å². The third kappa shape index (κ3) is 9.91. The summed E-state index contributed by atoms with van der Waals surface area (Å²) in [5.41, 5.74) is 1.45. The summed E-state index contributed by atoms with van der Waals surface area (Å²) in [6.07, 6.45) is 10.8. The number of carbonyl (C=O) groups is 4. The predicted molar refractivity (Wildman–Crippen MR) is 195 cm³/mol. The van der Waals surface area contributed by atoms with Gasteiger partial charge >= 0.3 is 12.1 Å². The van der Waals surface area contributed by atoms with E-state index >= 15 is 0 Å². The molecule has 0 spiro atoms. The van der Waals surface area contributed by atoms with Crippen molar-refractivity contribution in [2.75, 3.05) is 21.3 Å². The number of hydrogen-bond donors (Lipinski definition) is 4. The number of rotatable bonds is 8. The van der Waals surface area contributed by atoms with E-state index in [2.05, 4.69) is 63.1 Å². The molecule has 6 rings (SSSR count). The van der Waals surface area contributed by atoms with Gasteiger partial charge in [0, 0.05) is 28.0 Å². The molecule has 48 heavy (non-hydrogen) atoms. The first-order valence-corrected chi connectivity index (χ1v) is 18.7. The molecule has 2 aliphatic rings. The molecule has 2 fully saturated rings. The van der Waals surface area contributed by atoms with Crippen LogP contribution in [-0.4, -0.2) is 33.6 Å². The van der Waals surface area contributed by atoms with Crippen LogP contribution in [0.3, 0.4) is 0 Å². The van der Waals surface area contributed by atoms with Gasteiger partial charge in [0.15, 0.2) is 21.8 Å². The highest BCUT2D eigenvalue weighted by Gasteiger charge is 2.27. The highest BCUT2D eigenvalue weighted by atomic mass is 79.9. The smallest absolute Gasteiger partial charge is 0.307 e. The highest BCUT2D eigenvalue weighted by Crippen LogP contribution is 2.33. The highest BCUT2D eigenvalue weighted by molar-refractivity contribution is 9.11. The Bertz CT molecular complexity index is 1680. The number of nitrogens with one attached hydrogen (secondary N) is 4. The maximum Gasteiger partial charge on any atom is 0.325 e. The molecule has 0 bridgehead atoms. The Kier molecular flexibility index (Phi) is 12.7. The zero-order valence-electron chi connectivity index (χ0n) is 25.3. The Labute approximate surface area is 305 Å². The summed E-state index contributed by atoms with van der Waals surface area (Å²) < 4.78 is 15.2. The SMILES string of the molecule is O=C(Nc1ncc(Br)s1)Nc1ccc(Cl)cc1C(=O)C1CCCC1.O=C(Nc1ncc(Br)s1)Nc1ccc(F)cc1C(=O)C1CCCC1. The number of anilines is 4. The number of benzene rings is 2. The number of amides is 4. The minimum atomic E-state index is -0.524. The Morgan fingerprint density at radius 1 is 0.688 bits per heavy atom. The molecule has 4 N–H and O–H groups in total. The summed E-state index contributed by atoms with van der Waals surface area (Å²) in [6, 6.07) is 7.79. The van der Waals surface area contributed by atoms with Gasteiger partial charge in [0.1, 0.15) is 5.82 Å². The lowest BCUT2D eigenvalue weighted by molar-refractivity contribution is 0.0916. The fourth-order valence-corrected chi connectivity index (χ4v) is 7.98. The van der Waals surface area contributed by atoms with E-state index in [0.29, 0.717) is 32.2 Å². The standard InChI is InChI=1S/C16H15BrClN3O2S.C16H15BrFN3O2S/c2*17-13-8-19-16(24-13)21-15(23)20-12-6-5-10(18)7-11(12)14(22)9-3-1-2-4-9/h2*5-9H,1-4H2,(H2,19,20,21,23). The molecule has 0 radical (unpaired) electrons. The molecule has 4 amide bonds. The van der Waals surface area contributed by atoms with Crippen molar-refractivity contribution in [2.24, 2.45) is 11.8 Å². The molecule has 4 aromatic rings. The van der Waals surface area contributed by atoms with E-state index in [-0.39, 0.29) is 29.0 Å². The lowest BCUT2D eigenvalue weighted by atomic mass is 9.95. The van der Waals surface area contributed by atoms with Gasteiger partial charge in [-0.3, -0.25) is 20.2 Å². The van der Waals surface area contributed by atoms with E-state index in [0.717, 1.165) is 58.9 Å². The van der Waals surface area contributed by atoms with Gasteiger partial charge in [-0.15, -0.1) is 0 Å². The normalized spacial score (nSPS) is 14.6. The molecule has 2 heterocycles. The van der Waals surface area contributed by atoms with Crippen LogP contribution < -0.4 is 21.3 Å². The zero-order valence-corrected chi connectivity index (χ0v) is 30.8. The van der Waals surface area contributed by atoms with E-state index < -0.39 is 17.9 Å². The van der Waals surface area contributed by atoms with Crippen molar-refractivity contribution in [1.29, 1.82) is 0 Å². The van der Waals surface area contributed by atoms with Crippen molar-refractivity contribution in [3.8, 4) is 0 Å². The van der Waals surface area contributed by atoms with E-state index in [4.69, 9.17) is 11.6 Å². The number of urea groups is 2. The fraction of sp³-hybridized carbons (Fsp3) is 0.312. The monoisotopic (exact) mass is 838 g/mol. The molecule has 2 aromatic heterocycles. The van der Waals surface area contributed by atoms with Crippen molar-refractivity contribution in [3.05, 3.63) is 78.3 Å². The third-order valence-corrected chi connectivity index (χ3v) is 10.9. The van der Waals surface area contributed by atoms with Gasteiger partial charge in [-0.25, -0.2) is 23.9 Å². The van der Waals surface area contributed by atoms with E-state index in [1.165, 1.54) is 40.9 Å². The summed E-state index contributed by atoms with van der Waals surface area (Å²) in [6.45, 7) is 0. The van der Waals surface area contributed by atoms with Gasteiger partial charge in [0.05, 0.1) is 31.3 Å². The topological polar surface area (TPSA) is 142 Å². The number of carbonyl (C=O) groups excluding carboxylic acids is 4. The van der Waals surface area contributed by atoms with Gasteiger partial charge in [0.2, 0.25) is 0 Å². The molecule has 2 aliphatic carbocycles. The summed E-state index contributed by atoms with van der Waals surface area (Å²) in [5, 5.41) is 11.9. The Morgan fingerprint density at radius 2 is 1.12 bits per heavy atom. The van der Waals surface area contributed by atoms with E-state index in [9.17, 15) is 23.6 Å². The minimum absolute atomic E-state index is 0.0157. The maximum atomic E-state index is 13.6. The molecular weight excluding hydrogens is 811 g/mol. The van der Waals surface area contributed by atoms with Crippen molar-refractivity contribution in [3.63, 3.8) is 0 Å². The molecule has 252 valence electrons. The third-order valence-electron chi connectivity index (χ3n) is 7.84. The Balaban J connectivity index is 0.000000188. The second-order valence-corrected chi connectivity index (χ2v) is 16.4. The molecule has 0 saturated heterocycles. The number of nitrogens with zero attached hydrogens (tertiary/aromatic N) is 2. The molecule has 0 aliphatic heterocycles. The lowest BCUT2D eigenvalue weighted by Crippen LogP contribution is -2.22. The first-order chi connectivity index (χ1) is 23.0. The molecular formula is C32H30Br2ClFN6O4S2. The fourth-order valence-electron chi connectivity index (χ4n) is 5.60. The second-order valence-electron chi connectivity index (χ2n) is 11.2. The predicted octanol–water partition coefficient (Wildman–Crippen LogP) is 10.6. The van der Waals surface area contributed by atoms with Crippen LogP contribution in [-0.2, 0) is 0 Å². The van der Waals surface area contributed by atoms with Gasteiger partial charge in [0.25, 0.3) is 0 Å². The number of ketones is 2. The van der Waals surface area contributed by atoms with Gasteiger partial charge < -0.3 is 10.6 Å². The summed E-state index contributed by atoms with van der Waals surface area (Å²) in [4.78, 5) is 57.6. The number of thiazole rings is 2. The average molecular weight is 841 g/mol. The zero-order chi connectivity index (χ0) is 34.2. The average Bonchev–Trinajstić information content (AvgIpc) is 3.89. The van der Waals surface area contributed by atoms with E-state index in [1.807, 2.05) is 0 Å². The molecule has 0 atom stereocenters. The number of Topliss-reactive ketones (excluding diaryl/α,β-unsaturated/α-hetero) is 2. The van der Waals surface area contributed by atoms with Crippen LogP contribution in [0.5, 0.6) is 0 Å². The summed E-state index contributed by atoms with van der Waals surface area (Å²) in [7, 11) is 0. The van der Waals surface area contributed by atoms with Crippen molar-refractivity contribution in [2.45, 2.75) is 51.4 Å². The molecule has 2 aromatic carbocycles.